The van der Waals surface area contributed by atoms with Crippen LogP contribution in [-0.2, 0) is 9.53 Å². The fourth-order valence-electron chi connectivity index (χ4n) is 1.56. The predicted octanol–water partition coefficient (Wildman–Crippen LogP) is 2.79. The van der Waals surface area contributed by atoms with Crippen LogP contribution in [0, 0.1) is 0 Å². The van der Waals surface area contributed by atoms with E-state index in [4.69, 9.17) is 9.47 Å². The van der Waals surface area contributed by atoms with Gasteiger partial charge in [-0.3, -0.25) is 0 Å². The zero-order valence-corrected chi connectivity index (χ0v) is 10.4. The molecule has 0 unspecified atom stereocenters. The van der Waals surface area contributed by atoms with Crippen LogP contribution in [-0.4, -0.2) is 19.2 Å². The molecule has 0 radical (unpaired) electrons. The molecule has 0 spiro atoms. The summed E-state index contributed by atoms with van der Waals surface area (Å²) < 4.78 is 11.3. The molecule has 0 amide bonds. The van der Waals surface area contributed by atoms with Gasteiger partial charge < -0.3 is 9.47 Å². The number of carbonyl (C=O) groups excluding carboxylic acids is 1. The minimum absolute atomic E-state index is 0.322. The summed E-state index contributed by atoms with van der Waals surface area (Å²) in [6.07, 6.45) is 1.49. The maximum absolute atomic E-state index is 11.3. The van der Waals surface area contributed by atoms with Gasteiger partial charge in [-0.25, -0.2) is 4.79 Å². The predicted molar refractivity (Wildman–Crippen MR) is 64.2 cm³/mol. The van der Waals surface area contributed by atoms with E-state index in [0.29, 0.717) is 13.2 Å². The van der Waals surface area contributed by atoms with Crippen molar-refractivity contribution in [1.82, 2.24) is 0 Å². The van der Waals surface area contributed by atoms with Gasteiger partial charge in [0.2, 0.25) is 0 Å². The Morgan fingerprint density at radius 2 is 2.44 bits per heavy atom. The number of fused-ring (bicyclic) bond motifs is 1. The van der Waals surface area contributed by atoms with Gasteiger partial charge in [-0.15, -0.1) is 0 Å². The van der Waals surface area contributed by atoms with E-state index in [9.17, 15) is 4.79 Å². The van der Waals surface area contributed by atoms with E-state index in [1.807, 2.05) is 18.2 Å². The summed E-state index contributed by atoms with van der Waals surface area (Å²) >= 11 is 3.37. The summed E-state index contributed by atoms with van der Waals surface area (Å²) in [5.41, 5.74) is 1.82. The summed E-state index contributed by atoms with van der Waals surface area (Å²) in [6.45, 7) is 2.59. The molecule has 0 N–H and O–H groups in total. The minimum atomic E-state index is -0.322. The molecule has 0 aliphatic carbocycles. The Morgan fingerprint density at radius 3 is 3.19 bits per heavy atom. The Hall–Kier alpha value is -1.29. The Balaban J connectivity index is 2.26. The van der Waals surface area contributed by atoms with E-state index in [1.54, 1.807) is 6.92 Å². The van der Waals surface area contributed by atoms with Crippen LogP contribution >= 0.6 is 15.9 Å². The third-order valence-corrected chi connectivity index (χ3v) is 2.74. The maximum atomic E-state index is 11.3. The number of halogens is 1. The first-order valence-electron chi connectivity index (χ1n) is 5.00. The zero-order valence-electron chi connectivity index (χ0n) is 8.83. The van der Waals surface area contributed by atoms with Gasteiger partial charge in [0.05, 0.1) is 6.61 Å². The van der Waals surface area contributed by atoms with Crippen molar-refractivity contribution in [3.63, 3.8) is 0 Å². The van der Waals surface area contributed by atoms with Crippen LogP contribution < -0.4 is 4.74 Å². The van der Waals surface area contributed by atoms with E-state index in [0.717, 1.165) is 21.4 Å². The van der Waals surface area contributed by atoms with Gasteiger partial charge >= 0.3 is 5.97 Å². The molecule has 0 bridgehead atoms. The molecule has 3 nitrogen and oxygen atoms in total. The van der Waals surface area contributed by atoms with Crippen LogP contribution in [0.5, 0.6) is 5.75 Å². The van der Waals surface area contributed by atoms with E-state index in [1.165, 1.54) is 6.08 Å². The van der Waals surface area contributed by atoms with Crippen LogP contribution in [0.15, 0.2) is 28.7 Å². The van der Waals surface area contributed by atoms with E-state index in [2.05, 4.69) is 15.9 Å². The first-order valence-corrected chi connectivity index (χ1v) is 5.80. The largest absolute Gasteiger partial charge is 0.488 e. The molecule has 0 saturated heterocycles. The molecule has 16 heavy (non-hydrogen) atoms. The number of hydrogen-bond acceptors (Lipinski definition) is 3. The molecule has 1 aliphatic rings. The SMILES string of the molecule is CCOC(=O)/C=C1/COc2cc(Br)ccc21. The van der Waals surface area contributed by atoms with Gasteiger partial charge in [-0.1, -0.05) is 15.9 Å². The fourth-order valence-corrected chi connectivity index (χ4v) is 1.90. The van der Waals surface area contributed by atoms with Crippen molar-refractivity contribution in [2.75, 3.05) is 13.2 Å². The second-order valence-electron chi connectivity index (χ2n) is 3.35. The molecule has 0 aromatic heterocycles. The lowest BCUT2D eigenvalue weighted by Gasteiger charge is -1.99. The highest BCUT2D eigenvalue weighted by Gasteiger charge is 2.18. The average molecular weight is 283 g/mol. The number of ether oxygens (including phenoxy) is 2. The quantitative estimate of drug-likeness (QED) is 0.618. The molecule has 1 aromatic carbocycles. The molecular weight excluding hydrogens is 272 g/mol. The average Bonchev–Trinajstić information content (AvgIpc) is 2.61. The van der Waals surface area contributed by atoms with Gasteiger partial charge in [0.15, 0.2) is 0 Å². The Kier molecular flexibility index (Phi) is 3.29. The molecule has 84 valence electrons. The summed E-state index contributed by atoms with van der Waals surface area (Å²) in [4.78, 5) is 11.3. The van der Waals surface area contributed by atoms with Crippen molar-refractivity contribution in [3.05, 3.63) is 34.3 Å². The van der Waals surface area contributed by atoms with E-state index < -0.39 is 0 Å². The third-order valence-electron chi connectivity index (χ3n) is 2.25. The highest BCUT2D eigenvalue weighted by molar-refractivity contribution is 9.10. The summed E-state index contributed by atoms with van der Waals surface area (Å²) in [5, 5.41) is 0. The summed E-state index contributed by atoms with van der Waals surface area (Å²) in [6, 6.07) is 5.74. The molecule has 0 fully saturated rings. The third kappa shape index (κ3) is 2.27. The van der Waals surface area contributed by atoms with Crippen LogP contribution in [0.1, 0.15) is 12.5 Å². The standard InChI is InChI=1S/C12H11BrO3/c1-2-15-12(14)5-8-7-16-11-6-9(13)3-4-10(8)11/h3-6H,2,7H2,1H3/b8-5-. The van der Waals surface area contributed by atoms with Crippen molar-refractivity contribution < 1.29 is 14.3 Å². The highest BCUT2D eigenvalue weighted by Crippen LogP contribution is 2.35. The first-order chi connectivity index (χ1) is 7.70. The Morgan fingerprint density at radius 1 is 1.62 bits per heavy atom. The van der Waals surface area contributed by atoms with Gasteiger partial charge in [0.25, 0.3) is 0 Å². The Labute approximate surface area is 102 Å². The molecule has 4 heteroatoms. The number of rotatable bonds is 2. The first kappa shape index (κ1) is 11.2. The molecule has 0 saturated carbocycles. The second-order valence-corrected chi connectivity index (χ2v) is 4.27. The van der Waals surface area contributed by atoms with Crippen LogP contribution in [0.4, 0.5) is 0 Å². The van der Waals surface area contributed by atoms with Gasteiger partial charge in [0.1, 0.15) is 12.4 Å². The number of hydrogen-bond donors (Lipinski definition) is 0. The van der Waals surface area contributed by atoms with E-state index in [-0.39, 0.29) is 5.97 Å². The van der Waals surface area contributed by atoms with Crippen LogP contribution in [0.25, 0.3) is 5.57 Å². The molecule has 1 heterocycles. The van der Waals surface area contributed by atoms with Crippen molar-refractivity contribution in [1.29, 1.82) is 0 Å². The second kappa shape index (κ2) is 4.70. The number of benzene rings is 1. The summed E-state index contributed by atoms with van der Waals surface area (Å²) in [7, 11) is 0. The highest BCUT2D eigenvalue weighted by atomic mass is 79.9. The maximum Gasteiger partial charge on any atom is 0.331 e. The fraction of sp³-hybridized carbons (Fsp3) is 0.250. The van der Waals surface area contributed by atoms with Crippen LogP contribution in [0.3, 0.4) is 0 Å². The van der Waals surface area contributed by atoms with Crippen molar-refractivity contribution in [2.24, 2.45) is 0 Å². The lowest BCUT2D eigenvalue weighted by Crippen LogP contribution is -2.01. The lowest BCUT2D eigenvalue weighted by molar-refractivity contribution is -0.137. The van der Waals surface area contributed by atoms with Crippen LogP contribution in [0.2, 0.25) is 0 Å². The van der Waals surface area contributed by atoms with Crippen molar-refractivity contribution in [2.45, 2.75) is 6.92 Å². The number of carbonyl (C=O) groups is 1. The topological polar surface area (TPSA) is 35.5 Å². The monoisotopic (exact) mass is 282 g/mol. The smallest absolute Gasteiger partial charge is 0.331 e. The van der Waals surface area contributed by atoms with Gasteiger partial charge in [0, 0.05) is 21.7 Å². The van der Waals surface area contributed by atoms with Gasteiger partial charge in [-0.05, 0) is 25.1 Å². The lowest BCUT2D eigenvalue weighted by atomic mass is 10.1. The molecule has 0 atom stereocenters. The molecule has 1 aromatic rings. The summed E-state index contributed by atoms with van der Waals surface area (Å²) in [5.74, 6) is 0.474. The van der Waals surface area contributed by atoms with Crippen molar-refractivity contribution >= 4 is 27.5 Å². The normalized spacial score (nSPS) is 15.8. The Bertz CT molecular complexity index is 452. The molecular formula is C12H11BrO3. The molecule has 1 aliphatic heterocycles. The molecule has 2 rings (SSSR count). The van der Waals surface area contributed by atoms with Crippen molar-refractivity contribution in [3.8, 4) is 5.75 Å². The number of esters is 1. The van der Waals surface area contributed by atoms with E-state index >= 15 is 0 Å². The van der Waals surface area contributed by atoms with Gasteiger partial charge in [-0.2, -0.15) is 0 Å². The zero-order chi connectivity index (χ0) is 11.5. The minimum Gasteiger partial charge on any atom is -0.488 e.